The van der Waals surface area contributed by atoms with Crippen LogP contribution in [0.4, 0.5) is 4.79 Å². The van der Waals surface area contributed by atoms with Crippen molar-refractivity contribution in [1.29, 1.82) is 0 Å². The summed E-state index contributed by atoms with van der Waals surface area (Å²) >= 11 is 0. The van der Waals surface area contributed by atoms with Gasteiger partial charge in [0.1, 0.15) is 11.8 Å². The molecule has 0 aliphatic heterocycles. The van der Waals surface area contributed by atoms with Gasteiger partial charge >= 0.3 is 6.03 Å². The summed E-state index contributed by atoms with van der Waals surface area (Å²) in [5.41, 5.74) is 0.938. The highest BCUT2D eigenvalue weighted by Crippen LogP contribution is 2.22. The molecule has 5 nitrogen and oxygen atoms in total. The van der Waals surface area contributed by atoms with E-state index in [4.69, 9.17) is 9.52 Å². The molecule has 1 unspecified atom stereocenters. The van der Waals surface area contributed by atoms with E-state index in [1.54, 1.807) is 19.4 Å². The Balaban J connectivity index is 2.18. The van der Waals surface area contributed by atoms with Crippen molar-refractivity contribution in [2.45, 2.75) is 6.04 Å². The molecule has 0 bridgehead atoms. The fourth-order valence-corrected chi connectivity index (χ4v) is 1.90. The van der Waals surface area contributed by atoms with Crippen molar-refractivity contribution in [2.24, 2.45) is 0 Å². The highest BCUT2D eigenvalue weighted by molar-refractivity contribution is 5.74. The predicted octanol–water partition coefficient (Wildman–Crippen LogP) is 2.00. The average molecular weight is 274 g/mol. The standard InChI is InChI=1S/C15H18N2O3/c1-17(9-10-18)15(19)16-14(13-8-5-11-20-13)12-6-3-2-4-7-12/h2-8,11,14,18H,9-10H2,1H3,(H,16,19). The Bertz CT molecular complexity index is 525. The third kappa shape index (κ3) is 3.39. The van der Waals surface area contributed by atoms with E-state index in [-0.39, 0.29) is 25.2 Å². The zero-order valence-electron chi connectivity index (χ0n) is 11.3. The number of carbonyl (C=O) groups excluding carboxylic acids is 1. The molecule has 1 aromatic heterocycles. The molecule has 1 aromatic carbocycles. The summed E-state index contributed by atoms with van der Waals surface area (Å²) in [6, 6.07) is 12.6. The monoisotopic (exact) mass is 274 g/mol. The van der Waals surface area contributed by atoms with Crippen LogP contribution < -0.4 is 5.32 Å². The fourth-order valence-electron chi connectivity index (χ4n) is 1.90. The van der Waals surface area contributed by atoms with E-state index in [0.29, 0.717) is 5.76 Å². The minimum Gasteiger partial charge on any atom is -0.467 e. The SMILES string of the molecule is CN(CCO)C(=O)NC(c1ccccc1)c1ccco1. The van der Waals surface area contributed by atoms with E-state index in [2.05, 4.69) is 5.32 Å². The smallest absolute Gasteiger partial charge is 0.318 e. The zero-order chi connectivity index (χ0) is 14.4. The molecule has 0 aliphatic carbocycles. The Morgan fingerprint density at radius 1 is 1.30 bits per heavy atom. The fraction of sp³-hybridized carbons (Fsp3) is 0.267. The number of furan rings is 1. The molecule has 0 spiro atoms. The molecular weight excluding hydrogens is 256 g/mol. The van der Waals surface area contributed by atoms with Gasteiger partial charge in [-0.15, -0.1) is 0 Å². The van der Waals surface area contributed by atoms with Gasteiger partial charge in [0.05, 0.1) is 12.9 Å². The molecule has 0 radical (unpaired) electrons. The van der Waals surface area contributed by atoms with Gasteiger partial charge in [-0.1, -0.05) is 30.3 Å². The number of benzene rings is 1. The zero-order valence-corrected chi connectivity index (χ0v) is 11.3. The molecule has 5 heteroatoms. The molecular formula is C15H18N2O3. The number of likely N-dealkylation sites (N-methyl/N-ethyl adjacent to an activating group) is 1. The number of rotatable bonds is 5. The number of aliphatic hydroxyl groups is 1. The van der Waals surface area contributed by atoms with Crippen LogP contribution in [0.1, 0.15) is 17.4 Å². The number of urea groups is 1. The van der Waals surface area contributed by atoms with E-state index in [1.807, 2.05) is 36.4 Å². The Morgan fingerprint density at radius 2 is 2.05 bits per heavy atom. The van der Waals surface area contributed by atoms with E-state index in [9.17, 15) is 4.79 Å². The molecule has 2 N–H and O–H groups in total. The average Bonchev–Trinajstić information content (AvgIpc) is 2.99. The number of carbonyl (C=O) groups is 1. The number of amides is 2. The van der Waals surface area contributed by atoms with Gasteiger partial charge in [-0.25, -0.2) is 4.79 Å². The molecule has 1 atom stereocenters. The predicted molar refractivity (Wildman–Crippen MR) is 75.2 cm³/mol. The second-order valence-corrected chi connectivity index (χ2v) is 4.45. The van der Waals surface area contributed by atoms with E-state index in [1.165, 1.54) is 4.90 Å². The van der Waals surface area contributed by atoms with Crippen LogP contribution >= 0.6 is 0 Å². The first kappa shape index (κ1) is 14.1. The molecule has 1 heterocycles. The topological polar surface area (TPSA) is 65.7 Å². The second kappa shape index (κ2) is 6.77. The van der Waals surface area contributed by atoms with Crippen molar-refractivity contribution in [1.82, 2.24) is 10.2 Å². The van der Waals surface area contributed by atoms with Gasteiger partial charge in [0.15, 0.2) is 0 Å². The number of hydrogen-bond donors (Lipinski definition) is 2. The van der Waals surface area contributed by atoms with Gasteiger partial charge in [0.25, 0.3) is 0 Å². The minimum absolute atomic E-state index is 0.0688. The highest BCUT2D eigenvalue weighted by atomic mass is 16.3. The van der Waals surface area contributed by atoms with E-state index < -0.39 is 0 Å². The van der Waals surface area contributed by atoms with Crippen molar-refractivity contribution in [3.63, 3.8) is 0 Å². The van der Waals surface area contributed by atoms with Crippen LogP contribution in [-0.4, -0.2) is 36.2 Å². The van der Waals surface area contributed by atoms with Crippen LogP contribution in [0.2, 0.25) is 0 Å². The highest BCUT2D eigenvalue weighted by Gasteiger charge is 2.20. The Kier molecular flexibility index (Phi) is 4.79. The maximum atomic E-state index is 12.1. The largest absolute Gasteiger partial charge is 0.467 e. The number of nitrogens with one attached hydrogen (secondary N) is 1. The van der Waals surface area contributed by atoms with Crippen molar-refractivity contribution in [3.05, 3.63) is 60.1 Å². The van der Waals surface area contributed by atoms with Gasteiger partial charge in [0, 0.05) is 13.6 Å². The maximum Gasteiger partial charge on any atom is 0.318 e. The molecule has 106 valence electrons. The van der Waals surface area contributed by atoms with Crippen molar-refractivity contribution in [3.8, 4) is 0 Å². The quantitative estimate of drug-likeness (QED) is 0.876. The minimum atomic E-state index is -0.347. The Labute approximate surface area is 117 Å². The molecule has 0 aliphatic rings. The molecule has 0 saturated carbocycles. The number of hydrogen-bond acceptors (Lipinski definition) is 3. The Morgan fingerprint density at radius 3 is 2.65 bits per heavy atom. The van der Waals surface area contributed by atoms with Gasteiger partial charge in [0.2, 0.25) is 0 Å². The summed E-state index contributed by atoms with van der Waals surface area (Å²) in [4.78, 5) is 13.5. The summed E-state index contributed by atoms with van der Waals surface area (Å²) < 4.78 is 5.41. The Hall–Kier alpha value is -2.27. The first-order chi connectivity index (χ1) is 9.72. The molecule has 2 aromatic rings. The number of aliphatic hydroxyl groups excluding tert-OH is 1. The van der Waals surface area contributed by atoms with Gasteiger partial charge in [-0.05, 0) is 17.7 Å². The maximum absolute atomic E-state index is 12.1. The third-order valence-electron chi connectivity index (χ3n) is 3.01. The van der Waals surface area contributed by atoms with Crippen LogP contribution in [-0.2, 0) is 0 Å². The molecule has 2 amide bonds. The molecule has 2 rings (SSSR count). The van der Waals surface area contributed by atoms with Gasteiger partial charge in [-0.3, -0.25) is 0 Å². The second-order valence-electron chi connectivity index (χ2n) is 4.45. The first-order valence-electron chi connectivity index (χ1n) is 6.43. The van der Waals surface area contributed by atoms with E-state index in [0.717, 1.165) is 5.56 Å². The molecule has 0 saturated heterocycles. The van der Waals surface area contributed by atoms with Crippen LogP contribution in [0.5, 0.6) is 0 Å². The van der Waals surface area contributed by atoms with Gasteiger partial charge < -0.3 is 19.7 Å². The van der Waals surface area contributed by atoms with Crippen LogP contribution in [0, 0.1) is 0 Å². The first-order valence-corrected chi connectivity index (χ1v) is 6.43. The molecule has 0 fully saturated rings. The summed E-state index contributed by atoms with van der Waals surface area (Å²) in [7, 11) is 1.63. The van der Waals surface area contributed by atoms with Crippen molar-refractivity contribution in [2.75, 3.05) is 20.2 Å². The van der Waals surface area contributed by atoms with Crippen LogP contribution in [0.3, 0.4) is 0 Å². The van der Waals surface area contributed by atoms with Gasteiger partial charge in [-0.2, -0.15) is 0 Å². The summed E-state index contributed by atoms with van der Waals surface area (Å²) in [5.74, 6) is 0.668. The molecule has 20 heavy (non-hydrogen) atoms. The lowest BCUT2D eigenvalue weighted by Crippen LogP contribution is -2.40. The van der Waals surface area contributed by atoms with Crippen molar-refractivity contribution >= 4 is 6.03 Å². The lowest BCUT2D eigenvalue weighted by molar-refractivity contribution is 0.187. The summed E-state index contributed by atoms with van der Waals surface area (Å²) in [5, 5.41) is 11.8. The van der Waals surface area contributed by atoms with Crippen LogP contribution in [0.15, 0.2) is 53.1 Å². The third-order valence-corrected chi connectivity index (χ3v) is 3.01. The van der Waals surface area contributed by atoms with Crippen LogP contribution in [0.25, 0.3) is 0 Å². The summed E-state index contributed by atoms with van der Waals surface area (Å²) in [6.45, 7) is 0.214. The van der Waals surface area contributed by atoms with E-state index >= 15 is 0 Å². The lowest BCUT2D eigenvalue weighted by Gasteiger charge is -2.22. The lowest BCUT2D eigenvalue weighted by atomic mass is 10.0. The normalized spacial score (nSPS) is 11.9. The number of nitrogens with zero attached hydrogens (tertiary/aromatic N) is 1. The summed E-state index contributed by atoms with van der Waals surface area (Å²) in [6.07, 6.45) is 1.58. The van der Waals surface area contributed by atoms with Crippen molar-refractivity contribution < 1.29 is 14.3 Å².